The van der Waals surface area contributed by atoms with Gasteiger partial charge in [-0.2, -0.15) is 13.2 Å². The van der Waals surface area contributed by atoms with Gasteiger partial charge in [-0.1, -0.05) is 36.4 Å². The second-order valence-electron chi connectivity index (χ2n) is 8.01. The van der Waals surface area contributed by atoms with Crippen molar-refractivity contribution in [2.75, 3.05) is 0 Å². The van der Waals surface area contributed by atoms with E-state index in [2.05, 4.69) is 17.0 Å². The van der Waals surface area contributed by atoms with E-state index in [1.807, 2.05) is 18.2 Å². The van der Waals surface area contributed by atoms with Crippen molar-refractivity contribution < 1.29 is 18.3 Å². The number of aryl methyl sites for hydroxylation is 1. The summed E-state index contributed by atoms with van der Waals surface area (Å²) in [5, 5.41) is 11.4. The Bertz CT molecular complexity index is 804. The summed E-state index contributed by atoms with van der Waals surface area (Å²) in [7, 11) is 0. The van der Waals surface area contributed by atoms with Gasteiger partial charge in [-0.05, 0) is 61.4 Å². The molecule has 4 rings (SSSR count). The van der Waals surface area contributed by atoms with E-state index >= 15 is 0 Å². The molecule has 0 aliphatic carbocycles. The summed E-state index contributed by atoms with van der Waals surface area (Å²) in [5.41, 5.74) is 0.713. The molecule has 2 aliphatic heterocycles. The lowest BCUT2D eigenvalue weighted by molar-refractivity contribution is -0.137. The molecular weight excluding hydrogens is 351 g/mol. The molecule has 2 heterocycles. The van der Waals surface area contributed by atoms with Crippen molar-refractivity contribution in [3.05, 3.63) is 70.8 Å². The molecule has 0 saturated carbocycles. The summed E-state index contributed by atoms with van der Waals surface area (Å²) >= 11 is 0. The molecule has 2 aromatic rings. The average molecular weight is 375 g/mol. The molecule has 5 heteroatoms. The lowest BCUT2D eigenvalue weighted by atomic mass is 9.78. The first kappa shape index (κ1) is 18.5. The van der Waals surface area contributed by atoms with Crippen LogP contribution >= 0.6 is 0 Å². The van der Waals surface area contributed by atoms with Gasteiger partial charge in [0.1, 0.15) is 0 Å². The van der Waals surface area contributed by atoms with E-state index in [0.29, 0.717) is 24.0 Å². The van der Waals surface area contributed by atoms with Gasteiger partial charge in [0.15, 0.2) is 0 Å². The van der Waals surface area contributed by atoms with Gasteiger partial charge in [0.25, 0.3) is 0 Å². The first-order valence-corrected chi connectivity index (χ1v) is 9.47. The topological polar surface area (TPSA) is 23.5 Å². The van der Waals surface area contributed by atoms with Gasteiger partial charge in [0.05, 0.1) is 11.2 Å². The van der Waals surface area contributed by atoms with Crippen molar-refractivity contribution in [2.45, 2.75) is 63.0 Å². The van der Waals surface area contributed by atoms with Crippen LogP contribution in [0.25, 0.3) is 0 Å². The minimum atomic E-state index is -4.36. The zero-order chi connectivity index (χ0) is 19.2. The monoisotopic (exact) mass is 375 g/mol. The molecule has 2 bridgehead atoms. The number of hydrogen-bond acceptors (Lipinski definition) is 2. The predicted molar refractivity (Wildman–Crippen MR) is 98.1 cm³/mol. The molecule has 2 nitrogen and oxygen atoms in total. The number of halogens is 3. The fraction of sp³-hybridized carbons (Fsp3) is 0.455. The maximum atomic E-state index is 13.0. The van der Waals surface area contributed by atoms with Gasteiger partial charge in [-0.15, -0.1) is 0 Å². The highest BCUT2D eigenvalue weighted by atomic mass is 19.4. The van der Waals surface area contributed by atoms with Gasteiger partial charge < -0.3 is 5.11 Å². The Labute approximate surface area is 157 Å². The molecule has 2 fully saturated rings. The average Bonchev–Trinajstić information content (AvgIpc) is 2.85. The van der Waals surface area contributed by atoms with E-state index in [4.69, 9.17) is 0 Å². The molecule has 27 heavy (non-hydrogen) atoms. The van der Waals surface area contributed by atoms with Crippen LogP contribution in [0.1, 0.15) is 47.9 Å². The first-order valence-electron chi connectivity index (χ1n) is 9.47. The Morgan fingerprint density at radius 2 is 1.67 bits per heavy atom. The molecule has 1 N–H and O–H groups in total. The minimum Gasteiger partial charge on any atom is -0.385 e. The number of piperidine rings is 1. The lowest BCUT2D eigenvalue weighted by Gasteiger charge is -2.44. The number of hydrogen-bond donors (Lipinski definition) is 1. The van der Waals surface area contributed by atoms with Crippen LogP contribution in [0.15, 0.2) is 48.5 Å². The molecule has 2 saturated heterocycles. The first-order chi connectivity index (χ1) is 12.8. The zero-order valence-corrected chi connectivity index (χ0v) is 15.3. The van der Waals surface area contributed by atoms with Crippen molar-refractivity contribution in [2.24, 2.45) is 0 Å². The summed E-state index contributed by atoms with van der Waals surface area (Å²) in [4.78, 5) is 2.46. The molecule has 0 amide bonds. The number of aliphatic hydroxyl groups is 1. The van der Waals surface area contributed by atoms with Gasteiger partial charge in [0.2, 0.25) is 0 Å². The molecule has 0 aromatic heterocycles. The molecule has 2 aliphatic rings. The summed E-state index contributed by atoms with van der Waals surface area (Å²) < 4.78 is 38.9. The van der Waals surface area contributed by atoms with Crippen molar-refractivity contribution >= 4 is 0 Å². The van der Waals surface area contributed by atoms with Crippen LogP contribution in [-0.2, 0) is 18.3 Å². The van der Waals surface area contributed by atoms with E-state index in [0.717, 1.165) is 31.5 Å². The van der Waals surface area contributed by atoms with Crippen LogP contribution < -0.4 is 0 Å². The Balaban J connectivity index is 1.57. The number of benzene rings is 2. The van der Waals surface area contributed by atoms with Crippen LogP contribution in [0.3, 0.4) is 0 Å². The predicted octanol–water partition coefficient (Wildman–Crippen LogP) is 5.03. The summed E-state index contributed by atoms with van der Waals surface area (Å²) in [5.74, 6) is 0. The van der Waals surface area contributed by atoms with Gasteiger partial charge >= 0.3 is 6.18 Å². The molecule has 0 radical (unpaired) electrons. The SMILES string of the molecule is Cc1cc(C(F)(F)F)ccc1C1(O)CC2CCC(C1)N2Cc1ccccc1. The molecule has 0 spiro atoms. The van der Waals surface area contributed by atoms with Crippen molar-refractivity contribution in [1.82, 2.24) is 4.90 Å². The third-order valence-corrected chi connectivity index (χ3v) is 6.18. The highest BCUT2D eigenvalue weighted by molar-refractivity contribution is 5.37. The quantitative estimate of drug-likeness (QED) is 0.813. The molecule has 2 aromatic carbocycles. The van der Waals surface area contributed by atoms with Crippen LogP contribution in [0, 0.1) is 6.92 Å². The second kappa shape index (κ2) is 6.64. The second-order valence-corrected chi connectivity index (χ2v) is 8.01. The number of nitrogens with zero attached hydrogens (tertiary/aromatic N) is 1. The third-order valence-electron chi connectivity index (χ3n) is 6.18. The Hall–Kier alpha value is -1.85. The Kier molecular flexibility index (Phi) is 4.55. The Morgan fingerprint density at radius 3 is 2.22 bits per heavy atom. The van der Waals surface area contributed by atoms with Crippen LogP contribution in [-0.4, -0.2) is 22.1 Å². The fourth-order valence-electron chi connectivity index (χ4n) is 4.95. The molecule has 144 valence electrons. The van der Waals surface area contributed by atoms with Crippen LogP contribution in [0.4, 0.5) is 13.2 Å². The normalized spacial score (nSPS) is 28.5. The molecule has 2 atom stereocenters. The highest BCUT2D eigenvalue weighted by Crippen LogP contribution is 2.47. The van der Waals surface area contributed by atoms with E-state index < -0.39 is 17.3 Å². The van der Waals surface area contributed by atoms with E-state index in [9.17, 15) is 18.3 Å². The highest BCUT2D eigenvalue weighted by Gasteiger charge is 2.48. The summed E-state index contributed by atoms with van der Waals surface area (Å²) in [6, 6.07) is 14.5. The number of alkyl halides is 3. The molecule has 2 unspecified atom stereocenters. The maximum Gasteiger partial charge on any atom is 0.416 e. The van der Waals surface area contributed by atoms with Crippen LogP contribution in [0.5, 0.6) is 0 Å². The van der Waals surface area contributed by atoms with Gasteiger partial charge in [-0.25, -0.2) is 0 Å². The van der Waals surface area contributed by atoms with Crippen molar-refractivity contribution in [3.8, 4) is 0 Å². The van der Waals surface area contributed by atoms with E-state index in [-0.39, 0.29) is 12.1 Å². The maximum absolute atomic E-state index is 13.0. The van der Waals surface area contributed by atoms with E-state index in [1.165, 1.54) is 11.6 Å². The van der Waals surface area contributed by atoms with Crippen LogP contribution in [0.2, 0.25) is 0 Å². The summed E-state index contributed by atoms with van der Waals surface area (Å²) in [6.45, 7) is 2.53. The van der Waals surface area contributed by atoms with E-state index in [1.54, 1.807) is 6.92 Å². The summed E-state index contributed by atoms with van der Waals surface area (Å²) in [6.07, 6.45) is -1.16. The number of fused-ring (bicyclic) bond motifs is 2. The largest absolute Gasteiger partial charge is 0.416 e. The van der Waals surface area contributed by atoms with Crippen molar-refractivity contribution in [3.63, 3.8) is 0 Å². The number of rotatable bonds is 3. The van der Waals surface area contributed by atoms with Gasteiger partial charge in [0, 0.05) is 18.6 Å². The van der Waals surface area contributed by atoms with Crippen molar-refractivity contribution in [1.29, 1.82) is 0 Å². The lowest BCUT2D eigenvalue weighted by Crippen LogP contribution is -2.49. The standard InChI is InChI=1S/C22H24F3NO/c1-15-11-17(22(23,24)25)7-10-20(15)21(27)12-18-8-9-19(13-21)26(18)14-16-5-3-2-4-6-16/h2-7,10-11,18-19,27H,8-9,12-14H2,1H3. The van der Waals surface area contributed by atoms with Gasteiger partial charge in [-0.3, -0.25) is 4.90 Å². The minimum absolute atomic E-state index is 0.260. The fourth-order valence-corrected chi connectivity index (χ4v) is 4.95. The zero-order valence-electron chi connectivity index (χ0n) is 15.3. The molecular formula is C22H24F3NO. The Morgan fingerprint density at radius 1 is 1.04 bits per heavy atom. The third kappa shape index (κ3) is 3.50. The smallest absolute Gasteiger partial charge is 0.385 e.